The maximum atomic E-state index is 13.7. The van der Waals surface area contributed by atoms with Gasteiger partial charge in [0.15, 0.2) is 0 Å². The topological polar surface area (TPSA) is 12.0 Å². The van der Waals surface area contributed by atoms with Crippen LogP contribution in [-0.4, -0.2) is 12.6 Å². The van der Waals surface area contributed by atoms with Gasteiger partial charge in [-0.2, -0.15) is 0 Å². The fourth-order valence-electron chi connectivity index (χ4n) is 3.67. The van der Waals surface area contributed by atoms with Crippen LogP contribution in [0.2, 0.25) is 0 Å². The van der Waals surface area contributed by atoms with Gasteiger partial charge in [0.25, 0.3) is 0 Å². The van der Waals surface area contributed by atoms with Crippen molar-refractivity contribution in [2.24, 2.45) is 17.8 Å². The van der Waals surface area contributed by atoms with E-state index in [9.17, 15) is 4.39 Å². The second-order valence-electron chi connectivity index (χ2n) is 7.04. The van der Waals surface area contributed by atoms with Crippen LogP contribution in [0.15, 0.2) is 22.7 Å². The first-order valence-electron chi connectivity index (χ1n) is 8.29. The van der Waals surface area contributed by atoms with E-state index in [2.05, 4.69) is 34.2 Å². The zero-order chi connectivity index (χ0) is 14.8. The fourth-order valence-corrected chi connectivity index (χ4v) is 4.10. The SMILES string of the molecule is CC1CCC(CNC2CC2)C(Cc2cccc(F)c2Br)C1. The average molecular weight is 354 g/mol. The highest BCUT2D eigenvalue weighted by Gasteiger charge is 2.31. The van der Waals surface area contributed by atoms with Crippen LogP contribution in [0.4, 0.5) is 4.39 Å². The lowest BCUT2D eigenvalue weighted by Crippen LogP contribution is -2.34. The molecule has 2 fully saturated rings. The van der Waals surface area contributed by atoms with Gasteiger partial charge in [-0.25, -0.2) is 4.39 Å². The van der Waals surface area contributed by atoms with Gasteiger partial charge in [0.05, 0.1) is 4.47 Å². The van der Waals surface area contributed by atoms with Crippen molar-refractivity contribution in [3.8, 4) is 0 Å². The molecular formula is C18H25BrFN. The average Bonchev–Trinajstić information content (AvgIpc) is 3.27. The van der Waals surface area contributed by atoms with Gasteiger partial charge >= 0.3 is 0 Å². The van der Waals surface area contributed by atoms with Crippen LogP contribution in [0.25, 0.3) is 0 Å². The molecule has 0 amide bonds. The minimum atomic E-state index is -0.135. The van der Waals surface area contributed by atoms with Crippen LogP contribution in [0, 0.1) is 23.6 Å². The van der Waals surface area contributed by atoms with Crippen molar-refractivity contribution < 1.29 is 4.39 Å². The molecular weight excluding hydrogens is 329 g/mol. The molecule has 1 nitrogen and oxygen atoms in total. The number of rotatable bonds is 5. The number of hydrogen-bond donors (Lipinski definition) is 1. The molecule has 0 bridgehead atoms. The summed E-state index contributed by atoms with van der Waals surface area (Å²) in [5.41, 5.74) is 1.13. The third kappa shape index (κ3) is 4.07. The zero-order valence-electron chi connectivity index (χ0n) is 12.7. The monoisotopic (exact) mass is 353 g/mol. The summed E-state index contributed by atoms with van der Waals surface area (Å²) in [4.78, 5) is 0. The van der Waals surface area contributed by atoms with Crippen molar-refractivity contribution in [3.63, 3.8) is 0 Å². The van der Waals surface area contributed by atoms with Crippen molar-refractivity contribution in [3.05, 3.63) is 34.1 Å². The Labute approximate surface area is 135 Å². The highest BCUT2D eigenvalue weighted by Crippen LogP contribution is 2.37. The van der Waals surface area contributed by atoms with Gasteiger partial charge in [-0.1, -0.05) is 25.5 Å². The maximum Gasteiger partial charge on any atom is 0.137 e. The normalized spacial score (nSPS) is 29.6. The van der Waals surface area contributed by atoms with Gasteiger partial charge in [-0.05, 0) is 84.0 Å². The summed E-state index contributed by atoms with van der Waals surface area (Å²) in [5, 5.41) is 3.70. The minimum Gasteiger partial charge on any atom is -0.314 e. The van der Waals surface area contributed by atoms with E-state index in [1.807, 2.05) is 6.07 Å². The highest BCUT2D eigenvalue weighted by molar-refractivity contribution is 9.10. The van der Waals surface area contributed by atoms with Gasteiger partial charge < -0.3 is 5.32 Å². The van der Waals surface area contributed by atoms with Gasteiger partial charge in [-0.3, -0.25) is 0 Å². The van der Waals surface area contributed by atoms with Crippen molar-refractivity contribution in [1.29, 1.82) is 0 Å². The molecule has 1 aromatic carbocycles. The molecule has 0 heterocycles. The number of hydrogen-bond acceptors (Lipinski definition) is 1. The smallest absolute Gasteiger partial charge is 0.137 e. The van der Waals surface area contributed by atoms with Crippen molar-refractivity contribution in [1.82, 2.24) is 5.32 Å². The molecule has 1 N–H and O–H groups in total. The molecule has 3 heteroatoms. The fraction of sp³-hybridized carbons (Fsp3) is 0.667. The van der Waals surface area contributed by atoms with Gasteiger partial charge in [0.1, 0.15) is 5.82 Å². The highest BCUT2D eigenvalue weighted by atomic mass is 79.9. The summed E-state index contributed by atoms with van der Waals surface area (Å²) in [6.07, 6.45) is 7.64. The van der Waals surface area contributed by atoms with Crippen LogP contribution in [0.5, 0.6) is 0 Å². The Morgan fingerprint density at radius 2 is 2.00 bits per heavy atom. The molecule has 1 aromatic rings. The Balaban J connectivity index is 1.67. The molecule has 2 aliphatic rings. The summed E-state index contributed by atoms with van der Waals surface area (Å²) in [6.45, 7) is 3.51. The van der Waals surface area contributed by atoms with E-state index in [1.165, 1.54) is 38.2 Å². The van der Waals surface area contributed by atoms with Gasteiger partial charge in [0, 0.05) is 6.04 Å². The predicted molar refractivity (Wildman–Crippen MR) is 88.8 cm³/mol. The third-order valence-corrected chi connectivity index (χ3v) is 6.05. The summed E-state index contributed by atoms with van der Waals surface area (Å²) in [5.74, 6) is 2.10. The van der Waals surface area contributed by atoms with Crippen LogP contribution >= 0.6 is 15.9 Å². The largest absolute Gasteiger partial charge is 0.314 e. The van der Waals surface area contributed by atoms with Crippen molar-refractivity contribution in [2.45, 2.75) is 51.5 Å². The molecule has 0 saturated heterocycles. The first kappa shape index (κ1) is 15.5. The van der Waals surface area contributed by atoms with Gasteiger partial charge in [-0.15, -0.1) is 0 Å². The van der Waals surface area contributed by atoms with Crippen LogP contribution in [0.1, 0.15) is 44.6 Å². The van der Waals surface area contributed by atoms with Crippen molar-refractivity contribution in [2.75, 3.05) is 6.54 Å². The Hall–Kier alpha value is -0.410. The Kier molecular flexibility index (Phi) is 5.00. The molecule has 2 saturated carbocycles. The Bertz CT molecular complexity index is 486. The summed E-state index contributed by atoms with van der Waals surface area (Å²) < 4.78 is 14.4. The number of benzene rings is 1. The first-order valence-corrected chi connectivity index (χ1v) is 9.09. The molecule has 0 radical (unpaired) electrons. The minimum absolute atomic E-state index is 0.135. The lowest BCUT2D eigenvalue weighted by molar-refractivity contribution is 0.183. The van der Waals surface area contributed by atoms with Crippen LogP contribution in [-0.2, 0) is 6.42 Å². The van der Waals surface area contributed by atoms with E-state index in [0.29, 0.717) is 10.4 Å². The molecule has 0 spiro atoms. The van der Waals surface area contributed by atoms with E-state index in [0.717, 1.165) is 36.4 Å². The van der Waals surface area contributed by atoms with Crippen molar-refractivity contribution >= 4 is 15.9 Å². The molecule has 2 aliphatic carbocycles. The number of nitrogens with one attached hydrogen (secondary N) is 1. The summed E-state index contributed by atoms with van der Waals surface area (Å²) in [6, 6.07) is 6.21. The molecule has 3 atom stereocenters. The summed E-state index contributed by atoms with van der Waals surface area (Å²) >= 11 is 3.42. The van der Waals surface area contributed by atoms with E-state index >= 15 is 0 Å². The zero-order valence-corrected chi connectivity index (χ0v) is 14.3. The number of halogens is 2. The standard InChI is InChI=1S/C18H25BrFN/c1-12-5-6-14(11-21-16-7-8-16)15(9-12)10-13-3-2-4-17(20)18(13)19/h2-4,12,14-16,21H,5-11H2,1H3. The van der Waals surface area contributed by atoms with Crippen LogP contribution in [0.3, 0.4) is 0 Å². The van der Waals surface area contributed by atoms with E-state index < -0.39 is 0 Å². The van der Waals surface area contributed by atoms with Crippen LogP contribution < -0.4 is 5.32 Å². The predicted octanol–water partition coefficient (Wildman–Crippen LogP) is 4.94. The molecule has 3 rings (SSSR count). The molecule has 0 aromatic heterocycles. The van der Waals surface area contributed by atoms with E-state index in [1.54, 1.807) is 0 Å². The third-order valence-electron chi connectivity index (χ3n) is 5.16. The maximum absolute atomic E-state index is 13.7. The Morgan fingerprint density at radius 3 is 2.76 bits per heavy atom. The van der Waals surface area contributed by atoms with Gasteiger partial charge in [0.2, 0.25) is 0 Å². The second kappa shape index (κ2) is 6.78. The molecule has 116 valence electrons. The quantitative estimate of drug-likeness (QED) is 0.790. The molecule has 3 unspecified atom stereocenters. The molecule has 21 heavy (non-hydrogen) atoms. The summed E-state index contributed by atoms with van der Waals surface area (Å²) in [7, 11) is 0. The lowest BCUT2D eigenvalue weighted by atomic mass is 9.72. The van der Waals surface area contributed by atoms with E-state index in [-0.39, 0.29) is 5.82 Å². The molecule has 0 aliphatic heterocycles. The Morgan fingerprint density at radius 1 is 1.19 bits per heavy atom. The first-order chi connectivity index (χ1) is 10.1. The van der Waals surface area contributed by atoms with E-state index in [4.69, 9.17) is 0 Å². The lowest BCUT2D eigenvalue weighted by Gasteiger charge is -2.35. The second-order valence-corrected chi connectivity index (χ2v) is 7.83.